The van der Waals surface area contributed by atoms with Gasteiger partial charge in [-0.1, -0.05) is 119 Å². The monoisotopic (exact) mass is 898 g/mol. The fraction of sp³-hybridized carbons (Fsp3) is 0.702. The van der Waals surface area contributed by atoms with Crippen molar-refractivity contribution in [1.82, 2.24) is 42.5 Å². The lowest BCUT2D eigenvalue weighted by molar-refractivity contribution is -0.138. The molecule has 0 spiro atoms. The van der Waals surface area contributed by atoms with Crippen molar-refractivity contribution in [3.63, 3.8) is 0 Å². The molecule has 1 aliphatic rings. The Balaban J connectivity index is 2.79. The molecule has 1 fully saturated rings. The van der Waals surface area contributed by atoms with Crippen molar-refractivity contribution in [3.05, 3.63) is 35.9 Å². The fourth-order valence-corrected chi connectivity index (χ4v) is 7.36. The van der Waals surface area contributed by atoms with E-state index in [1.54, 1.807) is 58.9 Å². The molecule has 64 heavy (non-hydrogen) atoms. The Morgan fingerprint density at radius 2 is 0.891 bits per heavy atom. The SMILES string of the molecule is CC[C@H](C)[C@@H]1NC(=O)[C@@H](C)NC(=O)[C@H]([C@@H](C)CC)NC(=O)[C@@H](CC(C)C)NC(=O)[C@@H](Cc2ccccc2)NC(=O)[C@@H]([C@@H](C)CC)NC(=O)[C@@H](CCCCN)NC(=O)[C@@H](C(C)C)NC1=O. The molecule has 360 valence electrons. The smallest absolute Gasteiger partial charge is 0.243 e. The molecule has 17 heteroatoms. The van der Waals surface area contributed by atoms with E-state index in [1.807, 2.05) is 40.7 Å². The molecule has 11 atom stereocenters. The maximum absolute atomic E-state index is 14.4. The second-order valence-corrected chi connectivity index (χ2v) is 18.4. The molecule has 2 rings (SSSR count). The van der Waals surface area contributed by atoms with Gasteiger partial charge in [-0.2, -0.15) is 0 Å². The van der Waals surface area contributed by atoms with Crippen molar-refractivity contribution in [2.75, 3.05) is 6.54 Å². The molecule has 1 aromatic carbocycles. The summed E-state index contributed by atoms with van der Waals surface area (Å²) in [6.07, 6.45) is 2.86. The Bertz CT molecular complexity index is 1710. The molecule has 1 aromatic rings. The van der Waals surface area contributed by atoms with Gasteiger partial charge < -0.3 is 48.3 Å². The van der Waals surface area contributed by atoms with E-state index >= 15 is 0 Å². The summed E-state index contributed by atoms with van der Waals surface area (Å²) in [6, 6.07) is -0.0558. The number of benzene rings is 1. The number of unbranched alkanes of at least 4 members (excludes halogenated alkanes) is 1. The van der Waals surface area contributed by atoms with Crippen molar-refractivity contribution in [2.24, 2.45) is 35.3 Å². The van der Waals surface area contributed by atoms with E-state index in [0.29, 0.717) is 38.6 Å². The lowest BCUT2D eigenvalue weighted by Crippen LogP contribution is -2.63. The highest BCUT2D eigenvalue weighted by atomic mass is 16.2. The quantitative estimate of drug-likeness (QED) is 0.117. The number of hydrogen-bond acceptors (Lipinski definition) is 9. The largest absolute Gasteiger partial charge is 0.343 e. The van der Waals surface area contributed by atoms with Crippen LogP contribution in [0.4, 0.5) is 0 Å². The molecule has 0 bridgehead atoms. The highest BCUT2D eigenvalue weighted by Gasteiger charge is 2.38. The number of rotatable bonds is 15. The zero-order chi connectivity index (χ0) is 48.3. The van der Waals surface area contributed by atoms with Gasteiger partial charge in [0, 0.05) is 6.42 Å². The van der Waals surface area contributed by atoms with Crippen LogP contribution in [0.5, 0.6) is 0 Å². The molecule has 17 nitrogen and oxygen atoms in total. The van der Waals surface area contributed by atoms with Gasteiger partial charge in [-0.3, -0.25) is 38.4 Å². The predicted molar refractivity (Wildman–Crippen MR) is 247 cm³/mol. The summed E-state index contributed by atoms with van der Waals surface area (Å²) < 4.78 is 0. The van der Waals surface area contributed by atoms with Gasteiger partial charge in [0.15, 0.2) is 0 Å². The average Bonchev–Trinajstić information content (AvgIpc) is 3.25. The van der Waals surface area contributed by atoms with E-state index in [9.17, 15) is 38.4 Å². The average molecular weight is 898 g/mol. The summed E-state index contributed by atoms with van der Waals surface area (Å²) in [5.74, 6) is -6.88. The van der Waals surface area contributed by atoms with Crippen molar-refractivity contribution in [1.29, 1.82) is 0 Å². The minimum absolute atomic E-state index is 0.0471. The number of nitrogens with two attached hydrogens (primary N) is 1. The Morgan fingerprint density at radius 3 is 1.38 bits per heavy atom. The van der Waals surface area contributed by atoms with Crippen LogP contribution in [0.25, 0.3) is 0 Å². The van der Waals surface area contributed by atoms with Crippen LogP contribution in [0.1, 0.15) is 127 Å². The van der Waals surface area contributed by atoms with Gasteiger partial charge in [-0.25, -0.2) is 0 Å². The minimum Gasteiger partial charge on any atom is -0.343 e. The van der Waals surface area contributed by atoms with Crippen LogP contribution in [0.15, 0.2) is 30.3 Å². The molecular formula is C47H79N9O8. The third-order valence-electron chi connectivity index (χ3n) is 12.2. The third kappa shape index (κ3) is 17.1. The first-order valence-electron chi connectivity index (χ1n) is 23.4. The molecular weight excluding hydrogens is 819 g/mol. The standard InChI is InChI=1S/C47H79N9O8/c1-12-28(8)37-45(62)49-31(11)40(57)54-39(30(10)14-3)47(64)53-36(27(6)7)44(61)50-33(22-18-19-23-48)41(58)55-38(29(9)13-2)46(63)52-35(25-32-20-16-15-17-21-32)42(59)51-34(24-26(4)5)43(60)56-37/h15-17,20-21,26-31,33-39H,12-14,18-19,22-25,48H2,1-11H3,(H,49,62)(H,50,61)(H,51,59)(H,52,63)(H,53,64)(H,54,57)(H,55,58)(H,56,60)/t28-,29-,30-,31+,33+,34+,35+,36+,37-,38+,39-/m0/s1. The van der Waals surface area contributed by atoms with Crippen molar-refractivity contribution in [2.45, 2.75) is 176 Å². The Labute approximate surface area is 380 Å². The Morgan fingerprint density at radius 1 is 0.484 bits per heavy atom. The molecule has 1 saturated heterocycles. The molecule has 0 unspecified atom stereocenters. The second-order valence-electron chi connectivity index (χ2n) is 18.4. The summed E-state index contributed by atoms with van der Waals surface area (Å²) in [5.41, 5.74) is 6.51. The van der Waals surface area contributed by atoms with E-state index < -0.39 is 119 Å². The summed E-state index contributed by atoms with van der Waals surface area (Å²) >= 11 is 0. The molecule has 0 radical (unpaired) electrons. The summed E-state index contributed by atoms with van der Waals surface area (Å²) in [5, 5.41) is 22.5. The number of hydrogen-bond donors (Lipinski definition) is 9. The van der Waals surface area contributed by atoms with E-state index in [1.165, 1.54) is 6.92 Å². The van der Waals surface area contributed by atoms with Gasteiger partial charge in [-0.05, 0) is 74.3 Å². The van der Waals surface area contributed by atoms with Gasteiger partial charge in [-0.15, -0.1) is 0 Å². The molecule has 1 aliphatic heterocycles. The summed E-state index contributed by atoms with van der Waals surface area (Å²) in [6.45, 7) is 20.0. The van der Waals surface area contributed by atoms with E-state index in [0.717, 1.165) is 5.56 Å². The maximum Gasteiger partial charge on any atom is 0.243 e. The van der Waals surface area contributed by atoms with Crippen molar-refractivity contribution in [3.8, 4) is 0 Å². The number of carbonyl (C=O) groups excluding carboxylic acids is 8. The zero-order valence-corrected chi connectivity index (χ0v) is 40.1. The topological polar surface area (TPSA) is 259 Å². The van der Waals surface area contributed by atoms with Crippen LogP contribution in [0.3, 0.4) is 0 Å². The van der Waals surface area contributed by atoms with E-state index in [-0.39, 0.29) is 25.2 Å². The first-order chi connectivity index (χ1) is 30.2. The third-order valence-corrected chi connectivity index (χ3v) is 12.2. The first kappa shape index (κ1) is 55.1. The normalized spacial score (nSPS) is 26.8. The molecule has 0 saturated carbocycles. The fourth-order valence-electron chi connectivity index (χ4n) is 7.36. The van der Waals surface area contributed by atoms with Crippen molar-refractivity contribution < 1.29 is 38.4 Å². The molecule has 0 aliphatic carbocycles. The van der Waals surface area contributed by atoms with Crippen LogP contribution >= 0.6 is 0 Å². The van der Waals surface area contributed by atoms with Gasteiger partial charge in [0.05, 0.1) is 0 Å². The summed E-state index contributed by atoms with van der Waals surface area (Å²) in [4.78, 5) is 113. The van der Waals surface area contributed by atoms with Gasteiger partial charge in [0.1, 0.15) is 48.3 Å². The maximum atomic E-state index is 14.4. The molecule has 10 N–H and O–H groups in total. The lowest BCUT2D eigenvalue weighted by Gasteiger charge is -2.32. The Kier molecular flexibility index (Phi) is 23.5. The number of nitrogens with one attached hydrogen (secondary N) is 8. The number of amides is 8. The van der Waals surface area contributed by atoms with Crippen LogP contribution in [-0.4, -0.2) is 102 Å². The minimum atomic E-state index is -1.20. The van der Waals surface area contributed by atoms with Crippen LogP contribution in [0.2, 0.25) is 0 Å². The highest BCUT2D eigenvalue weighted by molar-refractivity contribution is 5.99. The van der Waals surface area contributed by atoms with Gasteiger partial charge in [0.2, 0.25) is 47.3 Å². The van der Waals surface area contributed by atoms with Crippen LogP contribution in [-0.2, 0) is 44.8 Å². The number of carbonyl (C=O) groups is 8. The zero-order valence-electron chi connectivity index (χ0n) is 40.1. The lowest BCUT2D eigenvalue weighted by atomic mass is 9.95. The molecule has 8 amide bonds. The van der Waals surface area contributed by atoms with E-state index in [4.69, 9.17) is 5.73 Å². The predicted octanol–water partition coefficient (Wildman–Crippen LogP) is 2.11. The van der Waals surface area contributed by atoms with Crippen molar-refractivity contribution >= 4 is 47.3 Å². The Hall–Kier alpha value is -5.06. The second kappa shape index (κ2) is 27.3. The van der Waals surface area contributed by atoms with Crippen LogP contribution < -0.4 is 48.3 Å². The van der Waals surface area contributed by atoms with E-state index in [2.05, 4.69) is 42.5 Å². The van der Waals surface area contributed by atoms with Gasteiger partial charge in [0.25, 0.3) is 0 Å². The highest BCUT2D eigenvalue weighted by Crippen LogP contribution is 2.16. The molecule has 0 aromatic heterocycles. The first-order valence-corrected chi connectivity index (χ1v) is 23.4. The summed E-state index contributed by atoms with van der Waals surface area (Å²) in [7, 11) is 0. The molecule has 1 heterocycles. The van der Waals surface area contributed by atoms with Gasteiger partial charge >= 0.3 is 0 Å². The van der Waals surface area contributed by atoms with Crippen LogP contribution in [0, 0.1) is 29.6 Å².